The number of hydrogen-bond acceptors (Lipinski definition) is 6. The standard InChI is InChI=1S/C22H21N3O4/c1-14-4-9-20(28-2)18(12-14)24-17-10-11-23-19(13-17)21(26)25-16-7-5-15(6-8-16)22(27)29-3/h4-13H,1-3H3,(H,23,24)(H,25,26). The molecule has 29 heavy (non-hydrogen) atoms. The van der Waals surface area contributed by atoms with Crippen LogP contribution < -0.4 is 15.4 Å². The summed E-state index contributed by atoms with van der Waals surface area (Å²) < 4.78 is 10.0. The van der Waals surface area contributed by atoms with Crippen LogP contribution in [0.4, 0.5) is 17.1 Å². The Kier molecular flexibility index (Phi) is 6.09. The van der Waals surface area contributed by atoms with Crippen LogP contribution in [-0.2, 0) is 4.74 Å². The molecule has 0 atom stereocenters. The van der Waals surface area contributed by atoms with Gasteiger partial charge in [-0.15, -0.1) is 0 Å². The van der Waals surface area contributed by atoms with Gasteiger partial charge in [0.25, 0.3) is 5.91 Å². The largest absolute Gasteiger partial charge is 0.495 e. The number of aryl methyl sites for hydroxylation is 1. The number of rotatable bonds is 6. The van der Waals surface area contributed by atoms with E-state index in [0.29, 0.717) is 22.7 Å². The van der Waals surface area contributed by atoms with Crippen LogP contribution >= 0.6 is 0 Å². The maximum atomic E-state index is 12.6. The average molecular weight is 391 g/mol. The molecule has 2 aromatic carbocycles. The molecular formula is C22H21N3O4. The van der Waals surface area contributed by atoms with Crippen molar-refractivity contribution < 1.29 is 19.1 Å². The van der Waals surface area contributed by atoms with E-state index < -0.39 is 5.97 Å². The minimum Gasteiger partial charge on any atom is -0.495 e. The first kappa shape index (κ1) is 19.9. The molecule has 3 rings (SSSR count). The van der Waals surface area contributed by atoms with Gasteiger partial charge in [0.1, 0.15) is 11.4 Å². The van der Waals surface area contributed by atoms with Crippen LogP contribution in [0.25, 0.3) is 0 Å². The quantitative estimate of drug-likeness (QED) is 0.613. The van der Waals surface area contributed by atoms with Crippen molar-refractivity contribution in [2.45, 2.75) is 6.92 Å². The maximum absolute atomic E-state index is 12.6. The Morgan fingerprint density at radius 1 is 0.931 bits per heavy atom. The lowest BCUT2D eigenvalue weighted by Crippen LogP contribution is -2.14. The molecule has 0 aliphatic carbocycles. The number of carbonyl (C=O) groups excluding carboxylic acids is 2. The minimum absolute atomic E-state index is 0.249. The summed E-state index contributed by atoms with van der Waals surface area (Å²) in [7, 11) is 2.92. The van der Waals surface area contributed by atoms with Crippen molar-refractivity contribution in [3.05, 3.63) is 77.6 Å². The number of nitrogens with one attached hydrogen (secondary N) is 2. The van der Waals surface area contributed by atoms with Gasteiger partial charge in [0, 0.05) is 17.6 Å². The number of esters is 1. The zero-order valence-electron chi connectivity index (χ0n) is 16.4. The molecule has 7 nitrogen and oxygen atoms in total. The van der Waals surface area contributed by atoms with Gasteiger partial charge in [0.05, 0.1) is 25.5 Å². The Hall–Kier alpha value is -3.87. The molecule has 0 aliphatic heterocycles. The fourth-order valence-corrected chi connectivity index (χ4v) is 2.71. The number of aromatic nitrogens is 1. The smallest absolute Gasteiger partial charge is 0.337 e. The second-order valence-corrected chi connectivity index (χ2v) is 6.28. The number of amides is 1. The van der Waals surface area contributed by atoms with Crippen molar-refractivity contribution in [3.8, 4) is 5.75 Å². The van der Waals surface area contributed by atoms with Crippen molar-refractivity contribution >= 4 is 28.9 Å². The van der Waals surface area contributed by atoms with Crippen LogP contribution in [0.15, 0.2) is 60.8 Å². The molecule has 0 fully saturated rings. The summed E-state index contributed by atoms with van der Waals surface area (Å²) in [5.41, 5.74) is 3.78. The van der Waals surface area contributed by atoms with Crippen LogP contribution in [0.2, 0.25) is 0 Å². The van der Waals surface area contributed by atoms with Crippen LogP contribution in [0.5, 0.6) is 5.75 Å². The first-order valence-corrected chi connectivity index (χ1v) is 8.87. The van der Waals surface area contributed by atoms with Gasteiger partial charge < -0.3 is 20.1 Å². The molecule has 1 aromatic heterocycles. The van der Waals surface area contributed by atoms with E-state index in [2.05, 4.69) is 20.4 Å². The van der Waals surface area contributed by atoms with E-state index >= 15 is 0 Å². The molecule has 7 heteroatoms. The lowest BCUT2D eigenvalue weighted by atomic mass is 10.2. The Labute approximate surface area is 168 Å². The van der Waals surface area contributed by atoms with Gasteiger partial charge >= 0.3 is 5.97 Å². The van der Waals surface area contributed by atoms with Crippen LogP contribution in [0.1, 0.15) is 26.4 Å². The Balaban J connectivity index is 1.74. The van der Waals surface area contributed by atoms with E-state index in [1.165, 1.54) is 7.11 Å². The fraction of sp³-hybridized carbons (Fsp3) is 0.136. The van der Waals surface area contributed by atoms with E-state index in [1.54, 1.807) is 49.7 Å². The SMILES string of the molecule is COC(=O)c1ccc(NC(=O)c2cc(Nc3cc(C)ccc3OC)ccn2)cc1. The summed E-state index contributed by atoms with van der Waals surface area (Å²) in [4.78, 5) is 28.2. The predicted molar refractivity (Wildman–Crippen MR) is 111 cm³/mol. The van der Waals surface area contributed by atoms with Gasteiger partial charge in [0.15, 0.2) is 0 Å². The molecule has 0 saturated carbocycles. The number of carbonyl (C=O) groups is 2. The number of anilines is 3. The normalized spacial score (nSPS) is 10.2. The Morgan fingerprint density at radius 2 is 1.69 bits per heavy atom. The third-order valence-corrected chi connectivity index (χ3v) is 4.19. The molecule has 0 spiro atoms. The number of methoxy groups -OCH3 is 2. The fourth-order valence-electron chi connectivity index (χ4n) is 2.71. The summed E-state index contributed by atoms with van der Waals surface area (Å²) >= 11 is 0. The zero-order valence-corrected chi connectivity index (χ0v) is 16.4. The van der Waals surface area contributed by atoms with E-state index in [9.17, 15) is 9.59 Å². The summed E-state index contributed by atoms with van der Waals surface area (Å²) in [6.45, 7) is 1.99. The molecule has 1 heterocycles. The summed E-state index contributed by atoms with van der Waals surface area (Å²) in [5.74, 6) is -0.102. The highest BCUT2D eigenvalue weighted by atomic mass is 16.5. The molecule has 0 saturated heterocycles. The molecule has 148 valence electrons. The van der Waals surface area contributed by atoms with Crippen molar-refractivity contribution in [1.82, 2.24) is 4.98 Å². The van der Waals surface area contributed by atoms with Crippen molar-refractivity contribution in [2.24, 2.45) is 0 Å². The zero-order chi connectivity index (χ0) is 20.8. The second-order valence-electron chi connectivity index (χ2n) is 6.28. The van der Waals surface area contributed by atoms with Crippen molar-refractivity contribution in [3.63, 3.8) is 0 Å². The highest BCUT2D eigenvalue weighted by Gasteiger charge is 2.11. The summed E-state index contributed by atoms with van der Waals surface area (Å²) in [6, 6.07) is 15.6. The number of nitrogens with zero attached hydrogens (tertiary/aromatic N) is 1. The summed E-state index contributed by atoms with van der Waals surface area (Å²) in [6.07, 6.45) is 1.56. The first-order valence-electron chi connectivity index (χ1n) is 8.87. The molecule has 0 unspecified atom stereocenters. The van der Waals surface area contributed by atoms with Gasteiger partial charge in [-0.05, 0) is 61.0 Å². The van der Waals surface area contributed by atoms with Gasteiger partial charge in [-0.1, -0.05) is 6.07 Å². The topological polar surface area (TPSA) is 89.5 Å². The van der Waals surface area contributed by atoms with E-state index in [0.717, 1.165) is 11.3 Å². The Morgan fingerprint density at radius 3 is 2.38 bits per heavy atom. The molecule has 0 aliphatic rings. The molecule has 1 amide bonds. The molecule has 2 N–H and O–H groups in total. The third-order valence-electron chi connectivity index (χ3n) is 4.19. The van der Waals surface area contributed by atoms with Crippen LogP contribution in [-0.4, -0.2) is 31.1 Å². The monoisotopic (exact) mass is 391 g/mol. The Bertz CT molecular complexity index is 1030. The highest BCUT2D eigenvalue weighted by molar-refractivity contribution is 6.03. The van der Waals surface area contributed by atoms with E-state index in [-0.39, 0.29) is 11.6 Å². The molecule has 0 radical (unpaired) electrons. The van der Waals surface area contributed by atoms with Gasteiger partial charge in [0.2, 0.25) is 0 Å². The molecule has 3 aromatic rings. The lowest BCUT2D eigenvalue weighted by molar-refractivity contribution is 0.0600. The maximum Gasteiger partial charge on any atom is 0.337 e. The van der Waals surface area contributed by atoms with Crippen LogP contribution in [0.3, 0.4) is 0 Å². The average Bonchev–Trinajstić information content (AvgIpc) is 2.74. The first-order chi connectivity index (χ1) is 14.0. The number of ether oxygens (including phenoxy) is 2. The highest BCUT2D eigenvalue weighted by Crippen LogP contribution is 2.28. The van der Waals surface area contributed by atoms with Crippen molar-refractivity contribution in [1.29, 1.82) is 0 Å². The lowest BCUT2D eigenvalue weighted by Gasteiger charge is -2.13. The van der Waals surface area contributed by atoms with Gasteiger partial charge in [-0.25, -0.2) is 4.79 Å². The van der Waals surface area contributed by atoms with Gasteiger partial charge in [-0.2, -0.15) is 0 Å². The predicted octanol–water partition coefficient (Wildman–Crippen LogP) is 4.18. The van der Waals surface area contributed by atoms with E-state index in [1.807, 2.05) is 25.1 Å². The van der Waals surface area contributed by atoms with Gasteiger partial charge in [-0.3, -0.25) is 9.78 Å². The second kappa shape index (κ2) is 8.88. The number of hydrogen-bond donors (Lipinski definition) is 2. The number of pyridine rings is 1. The minimum atomic E-state index is -0.435. The summed E-state index contributed by atoms with van der Waals surface area (Å²) in [5, 5.41) is 6.01. The van der Waals surface area contributed by atoms with E-state index in [4.69, 9.17) is 4.74 Å². The van der Waals surface area contributed by atoms with Crippen molar-refractivity contribution in [2.75, 3.05) is 24.9 Å². The third kappa shape index (κ3) is 4.90. The number of benzene rings is 2. The molecule has 0 bridgehead atoms. The van der Waals surface area contributed by atoms with Crippen LogP contribution in [0, 0.1) is 6.92 Å². The molecular weight excluding hydrogens is 370 g/mol.